The molecule has 1 aromatic carbocycles. The number of carbonyl (C=O) groups excluding carboxylic acids is 4. The summed E-state index contributed by atoms with van der Waals surface area (Å²) < 4.78 is 0. The fraction of sp³-hybridized carbons (Fsp3) is 0.478. The maximum atomic E-state index is 12.9. The van der Waals surface area contributed by atoms with Crippen LogP contribution in [0.5, 0.6) is 0 Å². The van der Waals surface area contributed by atoms with Crippen LogP contribution in [0.3, 0.4) is 0 Å². The molecule has 4 atom stereocenters. The third kappa shape index (κ3) is 8.34. The molecule has 0 bridgehead atoms. The third-order valence-electron chi connectivity index (χ3n) is 5.77. The Bertz CT molecular complexity index is 986. The molecule has 196 valence electrons. The van der Waals surface area contributed by atoms with E-state index in [2.05, 4.69) is 10.6 Å². The Kier molecular flexibility index (Phi) is 10.3. The Morgan fingerprint density at radius 3 is 2.28 bits per heavy atom. The average molecular weight is 506 g/mol. The summed E-state index contributed by atoms with van der Waals surface area (Å²) in [6, 6.07) is 3.53. The smallest absolute Gasteiger partial charge is 0.326 e. The summed E-state index contributed by atoms with van der Waals surface area (Å²) in [5, 5.41) is 23.4. The monoisotopic (exact) mass is 505 g/mol. The van der Waals surface area contributed by atoms with Crippen LogP contribution in [0.2, 0.25) is 0 Å². The first-order valence-electron chi connectivity index (χ1n) is 11.4. The van der Waals surface area contributed by atoms with E-state index in [9.17, 15) is 39.0 Å². The van der Waals surface area contributed by atoms with Gasteiger partial charge in [0.05, 0.1) is 12.5 Å². The van der Waals surface area contributed by atoms with Crippen molar-refractivity contribution in [2.75, 3.05) is 6.54 Å². The summed E-state index contributed by atoms with van der Waals surface area (Å²) in [5.41, 5.74) is 11.6. The van der Waals surface area contributed by atoms with E-state index in [-0.39, 0.29) is 32.2 Å². The summed E-state index contributed by atoms with van der Waals surface area (Å²) in [4.78, 5) is 73.7. The number of nitrogens with zero attached hydrogens (tertiary/aromatic N) is 1. The molecule has 1 heterocycles. The molecule has 13 heteroatoms. The average Bonchev–Trinajstić information content (AvgIpc) is 3.31. The Labute approximate surface area is 207 Å². The fourth-order valence-corrected chi connectivity index (χ4v) is 3.91. The van der Waals surface area contributed by atoms with Crippen LogP contribution in [0.4, 0.5) is 0 Å². The van der Waals surface area contributed by atoms with E-state index in [1.54, 1.807) is 30.3 Å². The van der Waals surface area contributed by atoms with E-state index in [0.29, 0.717) is 12.0 Å². The Morgan fingerprint density at radius 2 is 1.69 bits per heavy atom. The number of rotatable bonds is 13. The minimum absolute atomic E-state index is 0.00103. The number of carbonyl (C=O) groups is 6. The molecular formula is C23H31N5O8. The minimum atomic E-state index is -1.58. The number of carboxylic acid groups (broad SMARTS) is 2. The van der Waals surface area contributed by atoms with Gasteiger partial charge in [0.15, 0.2) is 0 Å². The molecule has 0 radical (unpaired) electrons. The van der Waals surface area contributed by atoms with Crippen molar-refractivity contribution < 1.29 is 39.0 Å². The Hall–Kier alpha value is -4.00. The number of aliphatic carboxylic acids is 2. The third-order valence-corrected chi connectivity index (χ3v) is 5.77. The summed E-state index contributed by atoms with van der Waals surface area (Å²) in [7, 11) is 0. The summed E-state index contributed by atoms with van der Waals surface area (Å²) in [5.74, 6) is -5.66. The number of hydrogen-bond donors (Lipinski definition) is 6. The predicted octanol–water partition coefficient (Wildman–Crippen LogP) is -1.66. The second-order valence-corrected chi connectivity index (χ2v) is 8.55. The highest BCUT2D eigenvalue weighted by Crippen LogP contribution is 2.19. The molecule has 4 unspecified atom stereocenters. The van der Waals surface area contributed by atoms with Crippen LogP contribution in [-0.2, 0) is 35.2 Å². The van der Waals surface area contributed by atoms with Gasteiger partial charge in [-0.1, -0.05) is 30.3 Å². The number of carboxylic acids is 2. The topological polar surface area (TPSA) is 222 Å². The number of benzene rings is 1. The first kappa shape index (κ1) is 28.2. The van der Waals surface area contributed by atoms with Gasteiger partial charge in [-0.25, -0.2) is 4.79 Å². The molecule has 8 N–H and O–H groups in total. The van der Waals surface area contributed by atoms with Crippen molar-refractivity contribution in [1.29, 1.82) is 0 Å². The van der Waals surface area contributed by atoms with Crippen molar-refractivity contribution in [3.63, 3.8) is 0 Å². The van der Waals surface area contributed by atoms with Gasteiger partial charge in [-0.2, -0.15) is 0 Å². The van der Waals surface area contributed by atoms with E-state index in [1.165, 1.54) is 4.90 Å². The normalized spacial score (nSPS) is 17.5. The lowest BCUT2D eigenvalue weighted by atomic mass is 10.0. The quantitative estimate of drug-likeness (QED) is 0.180. The number of hydrogen-bond acceptors (Lipinski definition) is 7. The SMILES string of the molecule is NC(=O)CCC(N)C(=O)N1CCCC1C(=O)NC(CC(=O)O)C(=O)NC(Cc1ccccc1)C(=O)O. The van der Waals surface area contributed by atoms with Crippen molar-refractivity contribution in [2.24, 2.45) is 11.5 Å². The van der Waals surface area contributed by atoms with Crippen molar-refractivity contribution in [3.8, 4) is 0 Å². The summed E-state index contributed by atoms with van der Waals surface area (Å²) >= 11 is 0. The molecule has 1 fully saturated rings. The van der Waals surface area contributed by atoms with E-state index < -0.39 is 66.2 Å². The highest BCUT2D eigenvalue weighted by Gasteiger charge is 2.38. The van der Waals surface area contributed by atoms with E-state index in [0.717, 1.165) is 0 Å². The Morgan fingerprint density at radius 1 is 1.03 bits per heavy atom. The molecule has 1 aliphatic rings. The number of amides is 4. The van der Waals surface area contributed by atoms with Gasteiger partial charge in [0.25, 0.3) is 0 Å². The fourth-order valence-electron chi connectivity index (χ4n) is 3.91. The lowest BCUT2D eigenvalue weighted by Gasteiger charge is -2.28. The zero-order valence-corrected chi connectivity index (χ0v) is 19.6. The number of nitrogens with one attached hydrogen (secondary N) is 2. The van der Waals surface area contributed by atoms with Gasteiger partial charge in [0.1, 0.15) is 18.1 Å². The van der Waals surface area contributed by atoms with Crippen molar-refractivity contribution in [3.05, 3.63) is 35.9 Å². The van der Waals surface area contributed by atoms with Gasteiger partial charge >= 0.3 is 11.9 Å². The number of primary amides is 1. The minimum Gasteiger partial charge on any atom is -0.481 e. The number of likely N-dealkylation sites (tertiary alicyclic amines) is 1. The lowest BCUT2D eigenvalue weighted by Crippen LogP contribution is -2.57. The van der Waals surface area contributed by atoms with Gasteiger partial charge < -0.3 is 37.2 Å². The highest BCUT2D eigenvalue weighted by atomic mass is 16.4. The first-order valence-corrected chi connectivity index (χ1v) is 11.4. The molecule has 2 rings (SSSR count). The molecule has 0 saturated carbocycles. The standard InChI is InChI=1S/C23H31N5O8/c24-14(8-9-18(25)29)22(34)28-10-4-7-17(28)21(33)26-15(12-19(30)31)20(32)27-16(23(35)36)11-13-5-2-1-3-6-13/h1-3,5-6,14-17H,4,7-12,24H2,(H2,25,29)(H,26,33)(H,27,32)(H,30,31)(H,35,36). The van der Waals surface area contributed by atoms with Crippen LogP contribution in [0.25, 0.3) is 0 Å². The maximum absolute atomic E-state index is 12.9. The van der Waals surface area contributed by atoms with Crippen LogP contribution >= 0.6 is 0 Å². The second kappa shape index (κ2) is 13.2. The molecule has 0 aromatic heterocycles. The van der Waals surface area contributed by atoms with E-state index >= 15 is 0 Å². The van der Waals surface area contributed by atoms with Crippen molar-refractivity contribution in [1.82, 2.24) is 15.5 Å². The summed E-state index contributed by atoms with van der Waals surface area (Å²) in [6.07, 6.45) is -0.224. The Balaban J connectivity index is 2.09. The van der Waals surface area contributed by atoms with Crippen LogP contribution in [-0.4, -0.2) is 81.4 Å². The van der Waals surface area contributed by atoms with Gasteiger partial charge in [0.2, 0.25) is 23.6 Å². The lowest BCUT2D eigenvalue weighted by molar-refractivity contribution is -0.144. The largest absolute Gasteiger partial charge is 0.481 e. The maximum Gasteiger partial charge on any atom is 0.326 e. The van der Waals surface area contributed by atoms with Crippen molar-refractivity contribution in [2.45, 2.75) is 62.7 Å². The van der Waals surface area contributed by atoms with Gasteiger partial charge in [0, 0.05) is 19.4 Å². The second-order valence-electron chi connectivity index (χ2n) is 8.55. The molecule has 13 nitrogen and oxygen atoms in total. The van der Waals surface area contributed by atoms with Gasteiger partial charge in [-0.15, -0.1) is 0 Å². The first-order chi connectivity index (χ1) is 17.0. The zero-order valence-electron chi connectivity index (χ0n) is 19.6. The molecule has 0 spiro atoms. The van der Waals surface area contributed by atoms with Crippen molar-refractivity contribution >= 4 is 35.6 Å². The molecule has 36 heavy (non-hydrogen) atoms. The van der Waals surface area contributed by atoms with Crippen LogP contribution < -0.4 is 22.1 Å². The molecule has 4 amide bonds. The van der Waals surface area contributed by atoms with Crippen LogP contribution in [0, 0.1) is 0 Å². The number of nitrogens with two attached hydrogens (primary N) is 2. The van der Waals surface area contributed by atoms with E-state index in [4.69, 9.17) is 11.5 Å². The summed E-state index contributed by atoms with van der Waals surface area (Å²) in [6.45, 7) is 0.217. The van der Waals surface area contributed by atoms with E-state index in [1.807, 2.05) is 0 Å². The molecule has 1 aromatic rings. The van der Waals surface area contributed by atoms with Gasteiger partial charge in [-0.05, 0) is 24.8 Å². The van der Waals surface area contributed by atoms with Crippen LogP contribution in [0.1, 0.15) is 37.7 Å². The molecule has 1 aliphatic heterocycles. The molecule has 0 aliphatic carbocycles. The molecular weight excluding hydrogens is 474 g/mol. The molecule has 1 saturated heterocycles. The zero-order chi connectivity index (χ0) is 26.8. The van der Waals surface area contributed by atoms with Gasteiger partial charge in [-0.3, -0.25) is 24.0 Å². The highest BCUT2D eigenvalue weighted by molar-refractivity contribution is 5.96. The van der Waals surface area contributed by atoms with Crippen LogP contribution in [0.15, 0.2) is 30.3 Å². The predicted molar refractivity (Wildman–Crippen MR) is 125 cm³/mol.